The molecule has 13 heteroatoms. The van der Waals surface area contributed by atoms with Gasteiger partial charge >= 0.3 is 17.9 Å². The minimum atomic E-state index is -0.562. The Hall–Kier alpha value is -3.48. The van der Waals surface area contributed by atoms with Gasteiger partial charge in [0.25, 0.3) is 0 Å². The third kappa shape index (κ3) is 6.94. The number of piperazine rings is 2. The van der Waals surface area contributed by atoms with Crippen molar-refractivity contribution in [3.8, 4) is 0 Å². The molecule has 3 aliphatic heterocycles. The second-order valence-corrected chi connectivity index (χ2v) is 14.5. The van der Waals surface area contributed by atoms with Crippen molar-refractivity contribution in [2.75, 3.05) is 69.6 Å². The van der Waals surface area contributed by atoms with Gasteiger partial charge in [0, 0.05) is 70.0 Å². The normalized spacial score (nSPS) is 19.0. The Bertz CT molecular complexity index is 1660. The molecule has 46 heavy (non-hydrogen) atoms. The van der Waals surface area contributed by atoms with Crippen LogP contribution in [0.5, 0.6) is 0 Å². The number of rotatable bonds is 5. The van der Waals surface area contributed by atoms with Crippen LogP contribution in [0.15, 0.2) is 46.1 Å². The third-order valence-corrected chi connectivity index (χ3v) is 10.4. The van der Waals surface area contributed by atoms with Crippen molar-refractivity contribution in [3.63, 3.8) is 0 Å². The van der Waals surface area contributed by atoms with E-state index in [4.69, 9.17) is 21.1 Å². The molecule has 2 amide bonds. The number of aromatic nitrogens is 2. The van der Waals surface area contributed by atoms with Gasteiger partial charge in [-0.05, 0) is 44.9 Å². The molecule has 0 saturated carbocycles. The lowest BCUT2D eigenvalue weighted by atomic mass is 10.1. The monoisotopic (exact) mass is 668 g/mol. The number of anilines is 1. The second-order valence-electron chi connectivity index (χ2n) is 13.1. The summed E-state index contributed by atoms with van der Waals surface area (Å²) in [6.07, 6.45) is -0.635. The molecule has 0 spiro atoms. The summed E-state index contributed by atoms with van der Waals surface area (Å²) >= 11 is 8.52. The van der Waals surface area contributed by atoms with E-state index in [2.05, 4.69) is 14.8 Å². The molecule has 0 unspecified atom stereocenters. The number of amides is 2. The maximum absolute atomic E-state index is 13.8. The number of hydrogen-bond acceptors (Lipinski definition) is 9. The van der Waals surface area contributed by atoms with Crippen LogP contribution in [-0.2, 0) is 16.1 Å². The van der Waals surface area contributed by atoms with Crippen molar-refractivity contribution in [1.82, 2.24) is 24.3 Å². The van der Waals surface area contributed by atoms with Gasteiger partial charge in [-0.2, -0.15) is 4.98 Å². The van der Waals surface area contributed by atoms with Crippen molar-refractivity contribution in [3.05, 3.63) is 63.0 Å². The quantitative estimate of drug-likeness (QED) is 0.371. The van der Waals surface area contributed by atoms with Crippen LogP contribution in [0.3, 0.4) is 0 Å². The van der Waals surface area contributed by atoms with E-state index in [0.29, 0.717) is 75.5 Å². The topological polar surface area (TPSA) is 100 Å². The predicted octanol–water partition coefficient (Wildman–Crippen LogP) is 5.02. The van der Waals surface area contributed by atoms with Crippen LogP contribution in [-0.4, -0.2) is 107 Å². The van der Waals surface area contributed by atoms with Crippen molar-refractivity contribution in [1.29, 1.82) is 0 Å². The fraction of sp³-hybridized carbons (Fsp3) is 0.515. The van der Waals surface area contributed by atoms with Crippen LogP contribution < -0.4 is 10.6 Å². The molecule has 0 bridgehead atoms. The van der Waals surface area contributed by atoms with Gasteiger partial charge in [-0.25, -0.2) is 14.4 Å². The second kappa shape index (κ2) is 13.3. The van der Waals surface area contributed by atoms with E-state index in [0.717, 1.165) is 26.9 Å². The molecule has 0 radical (unpaired) electrons. The largest absolute Gasteiger partial charge is 0.445 e. The predicted molar refractivity (Wildman–Crippen MR) is 180 cm³/mol. The van der Waals surface area contributed by atoms with Gasteiger partial charge in [-0.3, -0.25) is 9.47 Å². The number of carbonyl (C=O) groups is 2. The Balaban J connectivity index is 1.16. The van der Waals surface area contributed by atoms with Crippen LogP contribution >= 0.6 is 23.4 Å². The highest BCUT2D eigenvalue weighted by molar-refractivity contribution is 7.99. The first-order chi connectivity index (χ1) is 22.0. The molecule has 6 rings (SSSR count). The van der Waals surface area contributed by atoms with Crippen LogP contribution in [0.2, 0.25) is 5.02 Å². The molecule has 2 saturated heterocycles. The zero-order valence-corrected chi connectivity index (χ0v) is 28.4. The Morgan fingerprint density at radius 2 is 1.63 bits per heavy atom. The number of ether oxygens (including phenoxy) is 2. The molecule has 4 heterocycles. The van der Waals surface area contributed by atoms with E-state index in [-0.39, 0.29) is 30.5 Å². The summed E-state index contributed by atoms with van der Waals surface area (Å²) in [4.78, 5) is 52.6. The van der Waals surface area contributed by atoms with Crippen LogP contribution in [0.1, 0.15) is 37.9 Å². The van der Waals surface area contributed by atoms with Gasteiger partial charge < -0.3 is 24.2 Å². The first-order valence-corrected chi connectivity index (χ1v) is 17.1. The van der Waals surface area contributed by atoms with E-state index in [9.17, 15) is 14.4 Å². The van der Waals surface area contributed by atoms with Crippen molar-refractivity contribution in [2.24, 2.45) is 0 Å². The van der Waals surface area contributed by atoms with Crippen LogP contribution in [0.4, 0.5) is 15.4 Å². The van der Waals surface area contributed by atoms with Gasteiger partial charge in [-0.15, -0.1) is 11.8 Å². The molecule has 3 aliphatic rings. The van der Waals surface area contributed by atoms with E-state index < -0.39 is 5.60 Å². The van der Waals surface area contributed by atoms with Crippen LogP contribution in [0.25, 0.3) is 10.9 Å². The zero-order valence-electron chi connectivity index (χ0n) is 26.8. The van der Waals surface area contributed by atoms with Crippen LogP contribution in [0, 0.1) is 6.92 Å². The van der Waals surface area contributed by atoms with Crippen molar-refractivity contribution in [2.45, 2.75) is 50.8 Å². The van der Waals surface area contributed by atoms with Gasteiger partial charge in [0.05, 0.1) is 21.5 Å². The molecule has 1 atom stereocenters. The highest BCUT2D eigenvalue weighted by atomic mass is 35.5. The SMILES string of the molecule is Cc1cc2c(N3CCN(C(=O)OC(C)(C)C)CC3)nc(=O)n3c2c(c1Cl)SC[C@@H]3CN1CCN(C(=O)OCc2ccccc2)CC1. The average molecular weight is 669 g/mol. The Morgan fingerprint density at radius 3 is 2.30 bits per heavy atom. The summed E-state index contributed by atoms with van der Waals surface area (Å²) in [6, 6.07) is 11.6. The minimum Gasteiger partial charge on any atom is -0.445 e. The summed E-state index contributed by atoms with van der Waals surface area (Å²) in [5.41, 5.74) is 1.86. The molecule has 2 fully saturated rings. The van der Waals surface area contributed by atoms with Gasteiger partial charge in [0.1, 0.15) is 18.0 Å². The molecule has 0 N–H and O–H groups in total. The lowest BCUT2D eigenvalue weighted by Crippen LogP contribution is -2.51. The van der Waals surface area contributed by atoms with Gasteiger partial charge in [-0.1, -0.05) is 41.9 Å². The summed E-state index contributed by atoms with van der Waals surface area (Å²) in [7, 11) is 0. The number of halogens is 1. The van der Waals surface area contributed by atoms with E-state index in [1.165, 1.54) is 0 Å². The maximum Gasteiger partial charge on any atom is 0.410 e. The van der Waals surface area contributed by atoms with E-state index in [1.807, 2.05) is 68.7 Å². The summed E-state index contributed by atoms with van der Waals surface area (Å²) in [6.45, 7) is 13.0. The Labute approximate surface area is 278 Å². The Morgan fingerprint density at radius 1 is 0.978 bits per heavy atom. The van der Waals surface area contributed by atoms with E-state index >= 15 is 0 Å². The lowest BCUT2D eigenvalue weighted by molar-refractivity contribution is 0.0240. The molecule has 0 aliphatic carbocycles. The minimum absolute atomic E-state index is 0.103. The molecular formula is C33H41ClN6O5S. The lowest BCUT2D eigenvalue weighted by Gasteiger charge is -2.39. The average Bonchev–Trinajstić information content (AvgIpc) is 3.04. The zero-order chi connectivity index (χ0) is 32.6. The first kappa shape index (κ1) is 32.5. The summed E-state index contributed by atoms with van der Waals surface area (Å²) < 4.78 is 12.9. The number of benzene rings is 2. The van der Waals surface area contributed by atoms with E-state index in [1.54, 1.807) is 21.6 Å². The first-order valence-electron chi connectivity index (χ1n) is 15.8. The molecule has 3 aromatic rings. The highest BCUT2D eigenvalue weighted by Gasteiger charge is 2.33. The maximum atomic E-state index is 13.8. The van der Waals surface area contributed by atoms with Crippen molar-refractivity contribution >= 4 is 52.3 Å². The summed E-state index contributed by atoms with van der Waals surface area (Å²) in [5.74, 6) is 1.32. The number of nitrogens with zero attached hydrogens (tertiary/aromatic N) is 6. The van der Waals surface area contributed by atoms with Gasteiger partial charge in [0.2, 0.25) is 0 Å². The van der Waals surface area contributed by atoms with Crippen molar-refractivity contribution < 1.29 is 19.1 Å². The smallest absolute Gasteiger partial charge is 0.410 e. The molecule has 11 nitrogen and oxygen atoms in total. The highest BCUT2D eigenvalue weighted by Crippen LogP contribution is 2.44. The molecule has 1 aromatic heterocycles. The number of aryl methyl sites for hydroxylation is 1. The molecule has 246 valence electrons. The summed E-state index contributed by atoms with van der Waals surface area (Å²) in [5, 5.41) is 1.56. The molecule has 2 aromatic carbocycles. The third-order valence-electron chi connectivity index (χ3n) is 8.59. The number of hydrogen-bond donors (Lipinski definition) is 0. The molecular weight excluding hydrogens is 628 g/mol. The fourth-order valence-electron chi connectivity index (χ4n) is 6.21. The van der Waals surface area contributed by atoms with Gasteiger partial charge in [0.15, 0.2) is 0 Å². The number of thioether (sulfide) groups is 1. The number of carbonyl (C=O) groups excluding carboxylic acids is 2. The Kier molecular flexibility index (Phi) is 9.40. The standard InChI is InChI=1S/C33H41ClN6O5S/c1-22-18-25-27-28(26(22)34)46-21-24(19-36-10-12-38(13-11-36)31(42)44-20-23-8-6-5-7-9-23)40(27)30(41)35-29(25)37-14-16-39(17-15-37)32(43)45-33(2,3)4/h5-9,18,24H,10-17,19-21H2,1-4H3/t24-/m0/s1. The fourth-order valence-corrected chi connectivity index (χ4v) is 7.77.